The molecule has 13 heteroatoms. The zero-order valence-electron chi connectivity index (χ0n) is 19.7. The van der Waals surface area contributed by atoms with E-state index in [0.717, 1.165) is 0 Å². The number of anilines is 5. The molecular formula is C24H22N8O5. The zero-order chi connectivity index (χ0) is 26.2. The Kier molecular flexibility index (Phi) is 7.54. The van der Waals surface area contributed by atoms with Gasteiger partial charge in [-0.2, -0.15) is 20.1 Å². The highest BCUT2D eigenvalue weighted by Crippen LogP contribution is 2.26. The number of benzene rings is 3. The van der Waals surface area contributed by atoms with Gasteiger partial charge >= 0.3 is 0 Å². The maximum Gasteiger partial charge on any atom is 0.269 e. The van der Waals surface area contributed by atoms with Crippen molar-refractivity contribution in [2.75, 3.05) is 30.3 Å². The molecule has 1 heterocycles. The fourth-order valence-electron chi connectivity index (χ4n) is 3.09. The van der Waals surface area contributed by atoms with E-state index in [-0.39, 0.29) is 29.3 Å². The summed E-state index contributed by atoms with van der Waals surface area (Å²) in [5.74, 6) is 1.52. The Morgan fingerprint density at radius 3 is 2.00 bits per heavy atom. The Morgan fingerprint density at radius 1 is 0.865 bits per heavy atom. The third-order valence-electron chi connectivity index (χ3n) is 4.90. The van der Waals surface area contributed by atoms with Gasteiger partial charge in [-0.15, -0.1) is 0 Å². The molecule has 0 aliphatic carbocycles. The first-order valence-corrected chi connectivity index (χ1v) is 10.8. The number of aromatic nitrogens is 3. The first-order chi connectivity index (χ1) is 17.9. The predicted molar refractivity (Wildman–Crippen MR) is 138 cm³/mol. The monoisotopic (exact) mass is 502 g/mol. The summed E-state index contributed by atoms with van der Waals surface area (Å²) in [5, 5.41) is 31.1. The minimum atomic E-state index is -0.480. The maximum absolute atomic E-state index is 10.9. The summed E-state index contributed by atoms with van der Waals surface area (Å²) in [7, 11) is 3.04. The number of nitrogens with zero attached hydrogens (tertiary/aromatic N) is 5. The van der Waals surface area contributed by atoms with Crippen LogP contribution >= 0.6 is 0 Å². The van der Waals surface area contributed by atoms with Gasteiger partial charge < -0.3 is 25.2 Å². The maximum atomic E-state index is 10.9. The second-order valence-electron chi connectivity index (χ2n) is 7.39. The predicted octanol–water partition coefficient (Wildman–Crippen LogP) is 4.44. The van der Waals surface area contributed by atoms with Crippen LogP contribution in [-0.4, -0.2) is 45.4 Å². The van der Waals surface area contributed by atoms with E-state index in [4.69, 9.17) is 9.47 Å². The smallest absolute Gasteiger partial charge is 0.269 e. The molecule has 188 valence electrons. The molecular weight excluding hydrogens is 480 g/mol. The van der Waals surface area contributed by atoms with Crippen LogP contribution in [0.15, 0.2) is 71.8 Å². The van der Waals surface area contributed by atoms with Crippen LogP contribution < -0.4 is 25.5 Å². The number of non-ortho nitro benzene ring substituents is 1. The van der Waals surface area contributed by atoms with Gasteiger partial charge in [0.15, 0.2) is 11.5 Å². The van der Waals surface area contributed by atoms with E-state index in [1.165, 1.54) is 31.5 Å². The van der Waals surface area contributed by atoms with Crippen LogP contribution in [0.2, 0.25) is 0 Å². The number of hydrazone groups is 1. The second kappa shape index (κ2) is 11.3. The molecule has 0 amide bonds. The van der Waals surface area contributed by atoms with Crippen molar-refractivity contribution in [1.29, 1.82) is 0 Å². The number of nitro groups is 1. The fourth-order valence-corrected chi connectivity index (χ4v) is 3.09. The van der Waals surface area contributed by atoms with Crippen molar-refractivity contribution in [3.05, 3.63) is 82.4 Å². The standard InChI is InChI=1S/C24H22N8O5/c1-36-19-10-6-17(7-11-19)27-23-28-22(26-16-4-8-18(9-5-16)32(34)35)29-24(30-23)31-25-14-15-3-12-21(37-2)20(33)13-15/h3-14,33H,1-2H3,(H3,26,27,28,29,30,31)/b25-14+. The number of aromatic hydroxyl groups is 1. The van der Waals surface area contributed by atoms with Gasteiger partial charge in [0.1, 0.15) is 5.75 Å². The van der Waals surface area contributed by atoms with E-state index in [1.54, 1.807) is 55.6 Å². The Hall–Kier alpha value is -5.46. The molecule has 0 bridgehead atoms. The summed E-state index contributed by atoms with van der Waals surface area (Å²) in [4.78, 5) is 23.5. The van der Waals surface area contributed by atoms with Crippen molar-refractivity contribution >= 4 is 41.1 Å². The van der Waals surface area contributed by atoms with Crippen molar-refractivity contribution in [2.45, 2.75) is 0 Å². The summed E-state index contributed by atoms with van der Waals surface area (Å²) < 4.78 is 10.2. The van der Waals surface area contributed by atoms with E-state index < -0.39 is 4.92 Å². The largest absolute Gasteiger partial charge is 0.504 e. The number of rotatable bonds is 10. The number of ether oxygens (including phenoxy) is 2. The lowest BCUT2D eigenvalue weighted by molar-refractivity contribution is -0.384. The molecule has 3 aromatic carbocycles. The highest BCUT2D eigenvalue weighted by atomic mass is 16.6. The van der Waals surface area contributed by atoms with Crippen LogP contribution in [0.1, 0.15) is 5.56 Å². The van der Waals surface area contributed by atoms with Crippen molar-refractivity contribution in [3.63, 3.8) is 0 Å². The van der Waals surface area contributed by atoms with Crippen molar-refractivity contribution < 1.29 is 19.5 Å². The van der Waals surface area contributed by atoms with Crippen molar-refractivity contribution in [3.8, 4) is 17.2 Å². The Morgan fingerprint density at radius 2 is 1.46 bits per heavy atom. The number of phenols is 1. The topological polar surface area (TPSA) is 169 Å². The number of hydrogen-bond donors (Lipinski definition) is 4. The first kappa shape index (κ1) is 24.7. The van der Waals surface area contributed by atoms with Crippen LogP contribution in [-0.2, 0) is 0 Å². The number of nitrogens with one attached hydrogen (secondary N) is 3. The Balaban J connectivity index is 1.57. The average molecular weight is 502 g/mol. The van der Waals surface area contributed by atoms with Gasteiger partial charge in [0.05, 0.1) is 25.4 Å². The second-order valence-corrected chi connectivity index (χ2v) is 7.39. The van der Waals surface area contributed by atoms with Gasteiger partial charge in [-0.05, 0) is 60.2 Å². The summed E-state index contributed by atoms with van der Waals surface area (Å²) in [5.41, 5.74) is 4.56. The van der Waals surface area contributed by atoms with E-state index >= 15 is 0 Å². The van der Waals surface area contributed by atoms with Crippen LogP contribution in [0.25, 0.3) is 0 Å². The number of nitro benzene ring substituents is 1. The van der Waals surface area contributed by atoms with Crippen LogP contribution in [0.5, 0.6) is 17.2 Å². The molecule has 13 nitrogen and oxygen atoms in total. The van der Waals surface area contributed by atoms with Crippen LogP contribution in [0, 0.1) is 10.1 Å². The third-order valence-corrected chi connectivity index (χ3v) is 4.90. The van der Waals surface area contributed by atoms with Crippen LogP contribution in [0.3, 0.4) is 0 Å². The lowest BCUT2D eigenvalue weighted by atomic mass is 10.2. The normalized spacial score (nSPS) is 10.6. The van der Waals surface area contributed by atoms with E-state index in [9.17, 15) is 15.2 Å². The molecule has 37 heavy (non-hydrogen) atoms. The summed E-state index contributed by atoms with van der Waals surface area (Å²) in [6, 6.07) is 17.8. The molecule has 0 saturated heterocycles. The minimum Gasteiger partial charge on any atom is -0.504 e. The van der Waals surface area contributed by atoms with Gasteiger partial charge in [-0.3, -0.25) is 10.1 Å². The van der Waals surface area contributed by atoms with Gasteiger partial charge in [0.25, 0.3) is 5.69 Å². The van der Waals surface area contributed by atoms with Gasteiger partial charge in [-0.1, -0.05) is 0 Å². The summed E-state index contributed by atoms with van der Waals surface area (Å²) >= 11 is 0. The number of methoxy groups -OCH3 is 2. The molecule has 0 aliphatic heterocycles. The van der Waals surface area contributed by atoms with E-state index in [0.29, 0.717) is 28.4 Å². The van der Waals surface area contributed by atoms with E-state index in [2.05, 4.69) is 36.1 Å². The van der Waals surface area contributed by atoms with Gasteiger partial charge in [0.2, 0.25) is 17.8 Å². The average Bonchev–Trinajstić information content (AvgIpc) is 2.89. The molecule has 0 radical (unpaired) electrons. The molecule has 0 saturated carbocycles. The molecule has 1 aromatic heterocycles. The van der Waals surface area contributed by atoms with E-state index in [1.807, 2.05) is 0 Å². The molecule has 4 N–H and O–H groups in total. The van der Waals surface area contributed by atoms with Crippen LogP contribution in [0.4, 0.5) is 34.9 Å². The van der Waals surface area contributed by atoms with Crippen molar-refractivity contribution in [2.24, 2.45) is 5.10 Å². The molecule has 0 fully saturated rings. The SMILES string of the molecule is COc1ccc(Nc2nc(N/N=C/c3ccc(OC)c(O)c3)nc(Nc3ccc([N+](=O)[O-])cc3)n2)cc1. The molecule has 0 aliphatic rings. The number of phenolic OH excluding ortho intramolecular Hbond substituents is 1. The third kappa shape index (κ3) is 6.57. The first-order valence-electron chi connectivity index (χ1n) is 10.8. The highest BCUT2D eigenvalue weighted by molar-refractivity contribution is 5.81. The lowest BCUT2D eigenvalue weighted by Crippen LogP contribution is -2.07. The van der Waals surface area contributed by atoms with Gasteiger partial charge in [0, 0.05) is 23.5 Å². The minimum absolute atomic E-state index is 0.0211. The van der Waals surface area contributed by atoms with Gasteiger partial charge in [-0.25, -0.2) is 5.43 Å². The fraction of sp³-hybridized carbons (Fsp3) is 0.0833. The molecule has 0 spiro atoms. The number of hydrogen-bond acceptors (Lipinski definition) is 12. The zero-order valence-corrected chi connectivity index (χ0v) is 19.7. The van der Waals surface area contributed by atoms with Crippen molar-refractivity contribution in [1.82, 2.24) is 15.0 Å². The lowest BCUT2D eigenvalue weighted by Gasteiger charge is -2.10. The quantitative estimate of drug-likeness (QED) is 0.137. The molecule has 0 atom stereocenters. The summed E-state index contributed by atoms with van der Waals surface area (Å²) in [6.45, 7) is 0. The Bertz CT molecular complexity index is 1410. The molecule has 0 unspecified atom stereocenters. The highest BCUT2D eigenvalue weighted by Gasteiger charge is 2.10. The molecule has 4 rings (SSSR count). The Labute approximate surface area is 211 Å². The summed E-state index contributed by atoms with van der Waals surface area (Å²) in [6.07, 6.45) is 1.48. The molecule has 4 aromatic rings.